The Hall–Kier alpha value is -3.25. The van der Waals surface area contributed by atoms with Gasteiger partial charge in [-0.2, -0.15) is 0 Å². The summed E-state index contributed by atoms with van der Waals surface area (Å²) in [4.78, 5) is 6.21. The number of phenolic OH excluding ortho intramolecular Hbond substituents is 1. The fourth-order valence-corrected chi connectivity index (χ4v) is 6.48. The Kier molecular flexibility index (Phi) is 5.94. The Morgan fingerprint density at radius 2 is 1.46 bits per heavy atom. The van der Waals surface area contributed by atoms with E-state index >= 15 is 0 Å². The largest absolute Gasteiger partial charge is 0.505 e. The van der Waals surface area contributed by atoms with Gasteiger partial charge < -0.3 is 5.11 Å². The summed E-state index contributed by atoms with van der Waals surface area (Å²) in [5, 5.41) is 22.4. The molecule has 0 saturated heterocycles. The molecule has 0 aliphatic heterocycles. The van der Waals surface area contributed by atoms with Crippen LogP contribution in [0.4, 0.5) is 0 Å². The van der Waals surface area contributed by atoms with Crippen LogP contribution in [-0.4, -0.2) is 25.1 Å². The summed E-state index contributed by atoms with van der Waals surface area (Å²) in [6.45, 7) is 17.7. The number of thiazole rings is 1. The van der Waals surface area contributed by atoms with E-state index in [-0.39, 0.29) is 16.6 Å². The second kappa shape index (κ2) is 8.66. The molecule has 3 aromatic carbocycles. The highest BCUT2D eigenvalue weighted by atomic mass is 32.1. The van der Waals surface area contributed by atoms with E-state index in [1.165, 1.54) is 0 Å². The molecule has 0 aliphatic rings. The number of aryl methyl sites for hydroxylation is 1. The van der Waals surface area contributed by atoms with Crippen LogP contribution < -0.4 is 0 Å². The minimum Gasteiger partial charge on any atom is -0.505 e. The molecule has 0 bridgehead atoms. The molecular weight excluding hydrogens is 476 g/mol. The van der Waals surface area contributed by atoms with Gasteiger partial charge >= 0.3 is 0 Å². The molecule has 0 unspecified atom stereocenters. The lowest BCUT2D eigenvalue weighted by Gasteiger charge is -2.35. The van der Waals surface area contributed by atoms with E-state index in [4.69, 9.17) is 10.2 Å². The van der Waals surface area contributed by atoms with E-state index in [2.05, 4.69) is 77.7 Å². The van der Waals surface area contributed by atoms with Gasteiger partial charge in [0.2, 0.25) is 0 Å². The van der Waals surface area contributed by atoms with E-state index in [1.54, 1.807) is 16.1 Å². The summed E-state index contributed by atoms with van der Waals surface area (Å²) in [5.74, 6) is 0.209. The number of hydrogen-bond acceptors (Lipinski definition) is 5. The van der Waals surface area contributed by atoms with Crippen LogP contribution >= 0.6 is 11.3 Å². The van der Waals surface area contributed by atoms with Crippen molar-refractivity contribution in [3.8, 4) is 11.4 Å². The average Bonchev–Trinajstić information content (AvgIpc) is 3.37. The van der Waals surface area contributed by atoms with Crippen molar-refractivity contribution in [2.24, 2.45) is 5.41 Å². The number of aromatic hydroxyl groups is 1. The molecule has 37 heavy (non-hydrogen) atoms. The molecule has 5 rings (SSSR count). The van der Waals surface area contributed by atoms with E-state index in [0.29, 0.717) is 5.69 Å². The monoisotopic (exact) mass is 512 g/mol. The third-order valence-corrected chi connectivity index (χ3v) is 8.16. The van der Waals surface area contributed by atoms with E-state index in [9.17, 15) is 5.11 Å². The van der Waals surface area contributed by atoms with E-state index in [1.807, 2.05) is 37.3 Å². The summed E-state index contributed by atoms with van der Waals surface area (Å²) in [6.07, 6.45) is 0.991. The van der Waals surface area contributed by atoms with Crippen molar-refractivity contribution in [2.75, 3.05) is 0 Å². The van der Waals surface area contributed by atoms with Gasteiger partial charge in [-0.05, 0) is 53.5 Å². The lowest BCUT2D eigenvalue weighted by Crippen LogP contribution is -2.27. The highest BCUT2D eigenvalue weighted by molar-refractivity contribution is 7.18. The van der Waals surface area contributed by atoms with Crippen molar-refractivity contribution in [3.63, 3.8) is 0 Å². The molecule has 0 amide bonds. The lowest BCUT2D eigenvalue weighted by atomic mass is 9.70. The molecule has 192 valence electrons. The standard InChI is InChI=1S/C31H36N4OS/c1-19-32-25-16-23-24(17-27(25)37-19)34-35(33-23)26-15-21(30(5,6)18-29(2,3)4)14-22(28(26)36)31(7,8)20-12-10-9-11-13-20/h9-17,36H,18H2,1-8H3. The minimum atomic E-state index is -0.426. The number of rotatable bonds is 5. The van der Waals surface area contributed by atoms with Crippen molar-refractivity contribution in [1.82, 2.24) is 20.0 Å². The van der Waals surface area contributed by atoms with Gasteiger partial charge in [0.1, 0.15) is 22.5 Å². The van der Waals surface area contributed by atoms with Gasteiger partial charge in [-0.3, -0.25) is 0 Å². The van der Waals surface area contributed by atoms with Gasteiger partial charge in [-0.25, -0.2) is 4.98 Å². The molecule has 0 aliphatic carbocycles. The molecule has 0 fully saturated rings. The van der Waals surface area contributed by atoms with Crippen molar-refractivity contribution < 1.29 is 5.11 Å². The predicted octanol–water partition coefficient (Wildman–Crippen LogP) is 8.08. The minimum absolute atomic E-state index is 0.126. The highest BCUT2D eigenvalue weighted by Crippen LogP contribution is 2.44. The molecule has 5 aromatic rings. The predicted molar refractivity (Wildman–Crippen MR) is 154 cm³/mol. The first-order valence-electron chi connectivity index (χ1n) is 12.8. The average molecular weight is 513 g/mol. The smallest absolute Gasteiger partial charge is 0.147 e. The van der Waals surface area contributed by atoms with Gasteiger partial charge in [-0.1, -0.05) is 84.9 Å². The number of nitrogens with zero attached hydrogens (tertiary/aromatic N) is 4. The third kappa shape index (κ3) is 4.75. The van der Waals surface area contributed by atoms with E-state index < -0.39 is 5.41 Å². The van der Waals surface area contributed by atoms with Crippen LogP contribution in [0, 0.1) is 12.3 Å². The first kappa shape index (κ1) is 25.4. The SMILES string of the molecule is Cc1nc2cc3nn(-c4cc(C(C)(C)CC(C)(C)C)cc(C(C)(C)c5ccccc5)c4O)nc3cc2s1. The number of benzene rings is 3. The molecule has 0 radical (unpaired) electrons. The summed E-state index contributed by atoms with van der Waals surface area (Å²) >= 11 is 1.65. The molecule has 0 atom stereocenters. The quantitative estimate of drug-likeness (QED) is 0.258. The number of fused-ring (bicyclic) bond motifs is 2. The molecule has 2 heterocycles. The summed E-state index contributed by atoms with van der Waals surface area (Å²) in [6, 6.07) is 18.6. The zero-order chi connectivity index (χ0) is 26.8. The maximum Gasteiger partial charge on any atom is 0.147 e. The Morgan fingerprint density at radius 1 is 0.811 bits per heavy atom. The Balaban J connectivity index is 1.74. The van der Waals surface area contributed by atoms with Gasteiger partial charge in [0.05, 0.1) is 15.2 Å². The van der Waals surface area contributed by atoms with Crippen molar-refractivity contribution in [3.05, 3.63) is 76.3 Å². The molecule has 6 heteroatoms. The molecule has 0 saturated carbocycles. The second-order valence-corrected chi connectivity index (χ2v) is 13.8. The van der Waals surface area contributed by atoms with Crippen LogP contribution in [0.5, 0.6) is 5.75 Å². The topological polar surface area (TPSA) is 63.8 Å². The number of aromatic nitrogens is 4. The molecular formula is C31H36N4OS. The first-order chi connectivity index (χ1) is 17.2. The van der Waals surface area contributed by atoms with E-state index in [0.717, 1.165) is 49.4 Å². The van der Waals surface area contributed by atoms with Gasteiger partial charge in [0, 0.05) is 11.0 Å². The van der Waals surface area contributed by atoms with Gasteiger partial charge in [-0.15, -0.1) is 26.3 Å². The molecule has 2 aromatic heterocycles. The van der Waals surface area contributed by atoms with Crippen molar-refractivity contribution in [1.29, 1.82) is 0 Å². The van der Waals surface area contributed by atoms with Crippen LogP contribution in [-0.2, 0) is 10.8 Å². The first-order valence-corrected chi connectivity index (χ1v) is 13.6. The second-order valence-electron chi connectivity index (χ2n) is 12.5. The van der Waals surface area contributed by atoms with Crippen LogP contribution in [0.2, 0.25) is 0 Å². The normalized spacial score (nSPS) is 13.1. The number of hydrogen-bond donors (Lipinski definition) is 1. The third-order valence-electron chi connectivity index (χ3n) is 7.22. The van der Waals surface area contributed by atoms with Crippen molar-refractivity contribution >= 4 is 32.6 Å². The van der Waals surface area contributed by atoms with Crippen molar-refractivity contribution in [2.45, 2.75) is 72.6 Å². The Bertz CT molecular complexity index is 1550. The van der Waals surface area contributed by atoms with Crippen LogP contribution in [0.15, 0.2) is 54.6 Å². The fraction of sp³-hybridized carbons (Fsp3) is 0.387. The van der Waals surface area contributed by atoms with Gasteiger partial charge in [0.15, 0.2) is 0 Å². The lowest BCUT2D eigenvalue weighted by molar-refractivity contribution is 0.283. The number of phenols is 1. The highest BCUT2D eigenvalue weighted by Gasteiger charge is 2.33. The Labute approximate surface area is 223 Å². The Morgan fingerprint density at radius 3 is 2.11 bits per heavy atom. The fourth-order valence-electron chi connectivity index (χ4n) is 5.64. The summed E-state index contributed by atoms with van der Waals surface area (Å²) < 4.78 is 1.09. The maximum atomic E-state index is 11.8. The molecule has 5 nitrogen and oxygen atoms in total. The summed E-state index contributed by atoms with van der Waals surface area (Å²) in [7, 11) is 0. The zero-order valence-corrected chi connectivity index (χ0v) is 23.9. The zero-order valence-electron chi connectivity index (χ0n) is 23.0. The molecule has 0 spiro atoms. The molecule has 1 N–H and O–H groups in total. The van der Waals surface area contributed by atoms with Crippen LogP contribution in [0.25, 0.3) is 26.9 Å². The van der Waals surface area contributed by atoms with Gasteiger partial charge in [0.25, 0.3) is 0 Å². The van der Waals surface area contributed by atoms with Crippen LogP contribution in [0.1, 0.15) is 76.6 Å². The summed E-state index contributed by atoms with van der Waals surface area (Å²) in [5.41, 5.74) is 5.85. The maximum absolute atomic E-state index is 11.8. The van der Waals surface area contributed by atoms with Crippen LogP contribution in [0.3, 0.4) is 0 Å².